The molecule has 0 saturated heterocycles. The summed E-state index contributed by atoms with van der Waals surface area (Å²) in [5.41, 5.74) is -0.826. The fourth-order valence-corrected chi connectivity index (χ4v) is 2.72. The van der Waals surface area contributed by atoms with E-state index < -0.39 is 24.3 Å². The molecule has 1 aliphatic carbocycles. The van der Waals surface area contributed by atoms with Gasteiger partial charge in [0, 0.05) is 11.7 Å². The van der Waals surface area contributed by atoms with Crippen molar-refractivity contribution in [3.8, 4) is 0 Å². The van der Waals surface area contributed by atoms with Gasteiger partial charge in [-0.2, -0.15) is 13.2 Å². The van der Waals surface area contributed by atoms with Gasteiger partial charge in [0.25, 0.3) is 0 Å². The van der Waals surface area contributed by atoms with Crippen molar-refractivity contribution in [2.24, 2.45) is 0 Å². The zero-order valence-electron chi connectivity index (χ0n) is 13.7. The van der Waals surface area contributed by atoms with Crippen LogP contribution in [0.2, 0.25) is 0 Å². The number of halogens is 3. The zero-order chi connectivity index (χ0) is 18.3. The summed E-state index contributed by atoms with van der Waals surface area (Å²) in [5.74, 6) is -0.913. The van der Waals surface area contributed by atoms with Gasteiger partial charge in [0.2, 0.25) is 11.8 Å². The average molecular weight is 358 g/mol. The molecule has 25 heavy (non-hydrogen) atoms. The molecule has 8 heteroatoms. The van der Waals surface area contributed by atoms with Crippen molar-refractivity contribution >= 4 is 17.5 Å². The third kappa shape index (κ3) is 6.74. The Balaban J connectivity index is 1.71. The van der Waals surface area contributed by atoms with E-state index in [1.54, 1.807) is 0 Å². The Labute approximate surface area is 143 Å². The molecule has 1 saturated carbocycles. The van der Waals surface area contributed by atoms with Gasteiger partial charge in [0.05, 0.1) is 5.56 Å². The Hall–Kier alpha value is -2.09. The fourth-order valence-electron chi connectivity index (χ4n) is 2.72. The van der Waals surface area contributed by atoms with Crippen LogP contribution in [0.3, 0.4) is 0 Å². The van der Waals surface area contributed by atoms with E-state index in [0.717, 1.165) is 37.8 Å². The summed E-state index contributed by atoms with van der Waals surface area (Å²) in [6.45, 7) is -0.666. The van der Waals surface area contributed by atoms with Crippen molar-refractivity contribution in [1.82, 2.24) is 5.32 Å². The highest BCUT2D eigenvalue weighted by Gasteiger charge is 2.30. The quantitative estimate of drug-likeness (QED) is 0.821. The molecule has 0 spiro atoms. The van der Waals surface area contributed by atoms with Crippen molar-refractivity contribution < 1.29 is 27.5 Å². The molecule has 1 aliphatic rings. The Morgan fingerprint density at radius 2 is 1.76 bits per heavy atom. The summed E-state index contributed by atoms with van der Waals surface area (Å²) >= 11 is 0. The lowest BCUT2D eigenvalue weighted by Gasteiger charge is -2.22. The van der Waals surface area contributed by atoms with Gasteiger partial charge in [0.15, 0.2) is 0 Å². The van der Waals surface area contributed by atoms with Crippen molar-refractivity contribution in [2.75, 3.05) is 18.5 Å². The van der Waals surface area contributed by atoms with Crippen LogP contribution >= 0.6 is 0 Å². The van der Waals surface area contributed by atoms with Gasteiger partial charge in [-0.25, -0.2) is 0 Å². The molecule has 2 rings (SSSR count). The highest BCUT2D eigenvalue weighted by Crippen LogP contribution is 2.30. The predicted molar refractivity (Wildman–Crippen MR) is 85.9 cm³/mol. The summed E-state index contributed by atoms with van der Waals surface area (Å²) < 4.78 is 42.8. The first kappa shape index (κ1) is 19.2. The number of ether oxygens (including phenoxy) is 1. The maximum atomic E-state index is 12.6. The Morgan fingerprint density at radius 1 is 1.08 bits per heavy atom. The molecule has 138 valence electrons. The van der Waals surface area contributed by atoms with E-state index in [1.165, 1.54) is 18.6 Å². The summed E-state index contributed by atoms with van der Waals surface area (Å²) in [5, 5.41) is 5.16. The largest absolute Gasteiger partial charge is 0.416 e. The molecule has 5 nitrogen and oxygen atoms in total. The van der Waals surface area contributed by atoms with E-state index in [4.69, 9.17) is 4.74 Å². The molecule has 0 heterocycles. The molecule has 2 amide bonds. The van der Waals surface area contributed by atoms with Gasteiger partial charge in [-0.15, -0.1) is 0 Å². The summed E-state index contributed by atoms with van der Waals surface area (Å²) in [6, 6.07) is 4.47. The van der Waals surface area contributed by atoms with Crippen LogP contribution < -0.4 is 10.6 Å². The first-order valence-corrected chi connectivity index (χ1v) is 8.19. The molecule has 0 atom stereocenters. The van der Waals surface area contributed by atoms with Crippen LogP contribution in [0.1, 0.15) is 37.7 Å². The number of carbonyl (C=O) groups is 2. The van der Waals surface area contributed by atoms with E-state index in [9.17, 15) is 22.8 Å². The summed E-state index contributed by atoms with van der Waals surface area (Å²) in [6.07, 6.45) is 0.771. The number of anilines is 1. The number of carbonyl (C=O) groups excluding carboxylic acids is 2. The molecule has 0 radical (unpaired) electrons. The minimum absolute atomic E-state index is 0.0232. The van der Waals surface area contributed by atoms with Gasteiger partial charge in [-0.3, -0.25) is 9.59 Å². The molecular formula is C17H21F3N2O3. The number of hydrogen-bond donors (Lipinski definition) is 2. The van der Waals surface area contributed by atoms with Crippen LogP contribution in [-0.4, -0.2) is 31.1 Å². The molecule has 0 aromatic heterocycles. The fraction of sp³-hybridized carbons (Fsp3) is 0.529. The van der Waals surface area contributed by atoms with Gasteiger partial charge >= 0.3 is 6.18 Å². The average Bonchev–Trinajstić information content (AvgIpc) is 2.55. The lowest BCUT2D eigenvalue weighted by Crippen LogP contribution is -2.38. The third-order valence-corrected chi connectivity index (χ3v) is 3.91. The molecule has 1 aromatic carbocycles. The topological polar surface area (TPSA) is 67.4 Å². The first-order chi connectivity index (χ1) is 11.8. The number of alkyl halides is 3. The van der Waals surface area contributed by atoms with Crippen molar-refractivity contribution in [3.63, 3.8) is 0 Å². The smallest absolute Gasteiger partial charge is 0.362 e. The Kier molecular flexibility index (Phi) is 6.81. The minimum atomic E-state index is -4.48. The van der Waals surface area contributed by atoms with Crippen LogP contribution in [0, 0.1) is 0 Å². The lowest BCUT2D eigenvalue weighted by atomic mass is 9.95. The first-order valence-electron chi connectivity index (χ1n) is 8.19. The Morgan fingerprint density at radius 3 is 2.44 bits per heavy atom. The van der Waals surface area contributed by atoms with E-state index in [0.29, 0.717) is 0 Å². The molecule has 2 N–H and O–H groups in total. The Bertz CT molecular complexity index is 599. The van der Waals surface area contributed by atoms with Gasteiger partial charge < -0.3 is 15.4 Å². The van der Waals surface area contributed by atoms with Gasteiger partial charge in [0.1, 0.15) is 13.2 Å². The predicted octanol–water partition coefficient (Wildman–Crippen LogP) is 3.11. The van der Waals surface area contributed by atoms with E-state index in [2.05, 4.69) is 10.6 Å². The van der Waals surface area contributed by atoms with E-state index >= 15 is 0 Å². The second-order valence-corrected chi connectivity index (χ2v) is 6.02. The molecule has 0 unspecified atom stereocenters. The van der Waals surface area contributed by atoms with Crippen molar-refractivity contribution in [3.05, 3.63) is 29.8 Å². The maximum absolute atomic E-state index is 12.6. The summed E-state index contributed by atoms with van der Waals surface area (Å²) in [4.78, 5) is 23.4. The maximum Gasteiger partial charge on any atom is 0.416 e. The minimum Gasteiger partial charge on any atom is -0.362 e. The SMILES string of the molecule is O=C(COCC(=O)NC1CCCCC1)Nc1cccc(C(F)(F)F)c1. The number of rotatable bonds is 6. The number of nitrogens with one attached hydrogen (secondary N) is 2. The molecule has 1 aromatic rings. The second-order valence-electron chi connectivity index (χ2n) is 6.02. The van der Waals surface area contributed by atoms with Crippen LogP contribution in [-0.2, 0) is 20.5 Å². The monoisotopic (exact) mass is 358 g/mol. The van der Waals surface area contributed by atoms with E-state index in [-0.39, 0.29) is 24.2 Å². The van der Waals surface area contributed by atoms with Crippen molar-refractivity contribution in [1.29, 1.82) is 0 Å². The summed E-state index contributed by atoms with van der Waals surface area (Å²) in [7, 11) is 0. The van der Waals surface area contributed by atoms with Crippen LogP contribution in [0.5, 0.6) is 0 Å². The highest BCUT2D eigenvalue weighted by atomic mass is 19.4. The van der Waals surface area contributed by atoms with Crippen LogP contribution in [0.25, 0.3) is 0 Å². The normalized spacial score (nSPS) is 15.6. The lowest BCUT2D eigenvalue weighted by molar-refractivity contribution is -0.137. The number of amides is 2. The number of hydrogen-bond acceptors (Lipinski definition) is 3. The molecule has 0 bridgehead atoms. The van der Waals surface area contributed by atoms with E-state index in [1.807, 2.05) is 0 Å². The highest BCUT2D eigenvalue weighted by molar-refractivity contribution is 5.92. The van der Waals surface area contributed by atoms with Crippen LogP contribution in [0.4, 0.5) is 18.9 Å². The van der Waals surface area contributed by atoms with Gasteiger partial charge in [-0.05, 0) is 31.0 Å². The van der Waals surface area contributed by atoms with Gasteiger partial charge in [-0.1, -0.05) is 25.3 Å². The van der Waals surface area contributed by atoms with Crippen LogP contribution in [0.15, 0.2) is 24.3 Å². The standard InChI is InChI=1S/C17H21F3N2O3/c18-17(19,20)12-5-4-8-14(9-12)22-16(24)11-25-10-15(23)21-13-6-2-1-3-7-13/h4-5,8-9,13H,1-3,6-7,10-11H2,(H,21,23)(H,22,24). The second kappa shape index (κ2) is 8.84. The number of benzene rings is 1. The third-order valence-electron chi connectivity index (χ3n) is 3.91. The molecular weight excluding hydrogens is 337 g/mol. The van der Waals surface area contributed by atoms with Crippen molar-refractivity contribution in [2.45, 2.75) is 44.3 Å². The molecule has 1 fully saturated rings. The molecule has 0 aliphatic heterocycles. The zero-order valence-corrected chi connectivity index (χ0v) is 13.7.